The Kier molecular flexibility index (Phi) is 6.82. The van der Waals surface area contributed by atoms with Crippen molar-refractivity contribution in [3.05, 3.63) is 90.0 Å². The van der Waals surface area contributed by atoms with Crippen molar-refractivity contribution in [2.24, 2.45) is 11.7 Å². The van der Waals surface area contributed by atoms with E-state index >= 15 is 0 Å². The Morgan fingerprint density at radius 2 is 1.66 bits per heavy atom. The van der Waals surface area contributed by atoms with Crippen LogP contribution in [0.15, 0.2) is 78.9 Å². The molecule has 1 aliphatic heterocycles. The van der Waals surface area contributed by atoms with Gasteiger partial charge in [-0.1, -0.05) is 42.5 Å². The van der Waals surface area contributed by atoms with E-state index in [4.69, 9.17) is 10.5 Å². The zero-order valence-electron chi connectivity index (χ0n) is 17.9. The first-order valence-corrected chi connectivity index (χ1v) is 10.8. The van der Waals surface area contributed by atoms with Crippen molar-refractivity contribution < 1.29 is 14.3 Å². The lowest BCUT2D eigenvalue weighted by Crippen LogP contribution is -2.38. The van der Waals surface area contributed by atoms with E-state index in [0.717, 1.165) is 43.7 Å². The summed E-state index contributed by atoms with van der Waals surface area (Å²) in [6.45, 7) is 2.45. The zero-order chi connectivity index (χ0) is 22.3. The number of nitrogens with zero attached hydrogens (tertiary/aromatic N) is 1. The van der Waals surface area contributed by atoms with E-state index in [1.165, 1.54) is 0 Å². The summed E-state index contributed by atoms with van der Waals surface area (Å²) in [5.41, 5.74) is 7.73. The molecule has 1 fully saturated rings. The average Bonchev–Trinajstić information content (AvgIpc) is 2.81. The third-order valence-corrected chi connectivity index (χ3v) is 5.68. The van der Waals surface area contributed by atoms with Gasteiger partial charge in [0.05, 0.1) is 5.56 Å². The summed E-state index contributed by atoms with van der Waals surface area (Å²) in [4.78, 5) is 26.7. The molecule has 1 heterocycles. The SMILES string of the molecule is NC(=O)C1CCN(Cc2cccc(NC(=O)c3ccccc3Oc3ccccc3)c2)CC1. The molecule has 0 aliphatic carbocycles. The van der Waals surface area contributed by atoms with Crippen molar-refractivity contribution in [3.8, 4) is 11.5 Å². The van der Waals surface area contributed by atoms with Crippen LogP contribution in [-0.4, -0.2) is 29.8 Å². The fourth-order valence-electron chi connectivity index (χ4n) is 3.94. The minimum atomic E-state index is -0.226. The molecule has 0 atom stereocenters. The van der Waals surface area contributed by atoms with Crippen molar-refractivity contribution in [1.29, 1.82) is 0 Å². The molecule has 6 heteroatoms. The Balaban J connectivity index is 1.41. The highest BCUT2D eigenvalue weighted by Crippen LogP contribution is 2.26. The van der Waals surface area contributed by atoms with Gasteiger partial charge in [0.1, 0.15) is 11.5 Å². The lowest BCUT2D eigenvalue weighted by Gasteiger charge is -2.30. The first-order valence-electron chi connectivity index (χ1n) is 10.8. The van der Waals surface area contributed by atoms with Crippen molar-refractivity contribution in [2.75, 3.05) is 18.4 Å². The Bertz CT molecular complexity index is 1080. The Morgan fingerprint density at radius 3 is 2.41 bits per heavy atom. The number of benzene rings is 3. The van der Waals surface area contributed by atoms with Gasteiger partial charge in [0.2, 0.25) is 5.91 Å². The molecule has 1 aliphatic rings. The van der Waals surface area contributed by atoms with Crippen molar-refractivity contribution in [3.63, 3.8) is 0 Å². The second-order valence-corrected chi connectivity index (χ2v) is 8.02. The van der Waals surface area contributed by atoms with Crippen molar-refractivity contribution in [1.82, 2.24) is 4.90 Å². The molecule has 32 heavy (non-hydrogen) atoms. The maximum Gasteiger partial charge on any atom is 0.259 e. The highest BCUT2D eigenvalue weighted by Gasteiger charge is 2.23. The predicted octanol–water partition coefficient (Wildman–Crippen LogP) is 4.43. The van der Waals surface area contributed by atoms with Crippen LogP contribution in [0.25, 0.3) is 0 Å². The number of primary amides is 1. The molecule has 3 aromatic rings. The quantitative estimate of drug-likeness (QED) is 0.582. The van der Waals surface area contributed by atoms with Crippen molar-refractivity contribution in [2.45, 2.75) is 19.4 Å². The minimum Gasteiger partial charge on any atom is -0.457 e. The van der Waals surface area contributed by atoms with Crippen LogP contribution >= 0.6 is 0 Å². The first kappa shape index (κ1) is 21.6. The van der Waals surface area contributed by atoms with E-state index in [1.807, 2.05) is 66.7 Å². The molecular weight excluding hydrogens is 402 g/mol. The van der Waals surface area contributed by atoms with Gasteiger partial charge in [-0.05, 0) is 67.9 Å². The smallest absolute Gasteiger partial charge is 0.259 e. The van der Waals surface area contributed by atoms with Crippen LogP contribution in [0.2, 0.25) is 0 Å². The fraction of sp³-hybridized carbons (Fsp3) is 0.231. The predicted molar refractivity (Wildman–Crippen MR) is 125 cm³/mol. The van der Waals surface area contributed by atoms with Gasteiger partial charge in [0.15, 0.2) is 0 Å². The number of amides is 2. The fourth-order valence-corrected chi connectivity index (χ4v) is 3.94. The molecule has 1 saturated heterocycles. The number of carbonyl (C=O) groups is 2. The van der Waals surface area contributed by atoms with Gasteiger partial charge in [-0.3, -0.25) is 14.5 Å². The minimum absolute atomic E-state index is 0.0185. The van der Waals surface area contributed by atoms with Gasteiger partial charge in [0, 0.05) is 18.2 Å². The molecule has 6 nitrogen and oxygen atoms in total. The third kappa shape index (κ3) is 5.53. The Morgan fingerprint density at radius 1 is 0.938 bits per heavy atom. The summed E-state index contributed by atoms with van der Waals surface area (Å²) in [7, 11) is 0. The molecule has 3 N–H and O–H groups in total. The Hall–Kier alpha value is -3.64. The van der Waals surface area contributed by atoms with Crippen LogP contribution in [0.3, 0.4) is 0 Å². The number of nitrogens with one attached hydrogen (secondary N) is 1. The average molecular weight is 430 g/mol. The van der Waals surface area contributed by atoms with E-state index < -0.39 is 0 Å². The maximum absolute atomic E-state index is 13.0. The van der Waals surface area contributed by atoms with Gasteiger partial charge < -0.3 is 15.8 Å². The van der Waals surface area contributed by atoms with Crippen LogP contribution < -0.4 is 15.8 Å². The Labute approximate surface area is 188 Å². The number of rotatable bonds is 7. The molecule has 0 aromatic heterocycles. The number of nitrogens with two attached hydrogens (primary N) is 1. The van der Waals surface area contributed by atoms with Crippen LogP contribution in [0.1, 0.15) is 28.8 Å². The lowest BCUT2D eigenvalue weighted by atomic mass is 9.96. The highest BCUT2D eigenvalue weighted by atomic mass is 16.5. The van der Waals surface area contributed by atoms with Crippen molar-refractivity contribution >= 4 is 17.5 Å². The number of piperidine rings is 1. The summed E-state index contributed by atoms with van der Waals surface area (Å²) in [5.74, 6) is 0.733. The molecule has 0 radical (unpaired) electrons. The number of hydrogen-bond donors (Lipinski definition) is 2. The highest BCUT2D eigenvalue weighted by molar-refractivity contribution is 6.06. The summed E-state index contributed by atoms with van der Waals surface area (Å²) < 4.78 is 5.92. The number of hydrogen-bond acceptors (Lipinski definition) is 4. The van der Waals surface area contributed by atoms with Gasteiger partial charge in [0.25, 0.3) is 5.91 Å². The monoisotopic (exact) mass is 429 g/mol. The molecule has 2 amide bonds. The van der Waals surface area contributed by atoms with Crippen LogP contribution in [-0.2, 0) is 11.3 Å². The number of ether oxygens (including phenoxy) is 1. The molecular formula is C26H27N3O3. The molecule has 0 saturated carbocycles. The van der Waals surface area contributed by atoms with Crippen LogP contribution in [0.5, 0.6) is 11.5 Å². The normalized spacial score (nSPS) is 14.6. The van der Waals surface area contributed by atoms with E-state index in [9.17, 15) is 9.59 Å². The molecule has 4 rings (SSSR count). The number of anilines is 1. The van der Waals surface area contributed by atoms with E-state index in [1.54, 1.807) is 12.1 Å². The lowest BCUT2D eigenvalue weighted by molar-refractivity contribution is -0.123. The summed E-state index contributed by atoms with van der Waals surface area (Å²) in [6.07, 6.45) is 1.59. The first-order chi connectivity index (χ1) is 15.6. The molecule has 0 unspecified atom stereocenters. The van der Waals surface area contributed by atoms with E-state index in [-0.39, 0.29) is 17.7 Å². The van der Waals surface area contributed by atoms with Gasteiger partial charge in [-0.15, -0.1) is 0 Å². The van der Waals surface area contributed by atoms with Crippen LogP contribution in [0, 0.1) is 5.92 Å². The summed E-state index contributed by atoms with van der Waals surface area (Å²) in [6, 6.07) is 24.4. The largest absolute Gasteiger partial charge is 0.457 e. The second kappa shape index (κ2) is 10.1. The van der Waals surface area contributed by atoms with Crippen LogP contribution in [0.4, 0.5) is 5.69 Å². The van der Waals surface area contributed by atoms with Gasteiger partial charge >= 0.3 is 0 Å². The number of likely N-dealkylation sites (tertiary alicyclic amines) is 1. The molecule has 164 valence electrons. The second-order valence-electron chi connectivity index (χ2n) is 8.02. The van der Waals surface area contributed by atoms with Gasteiger partial charge in [-0.2, -0.15) is 0 Å². The van der Waals surface area contributed by atoms with E-state index in [0.29, 0.717) is 17.1 Å². The van der Waals surface area contributed by atoms with E-state index in [2.05, 4.69) is 10.2 Å². The van der Waals surface area contributed by atoms with Gasteiger partial charge in [-0.25, -0.2) is 0 Å². The standard InChI is InChI=1S/C26H27N3O3/c27-25(30)20-13-15-29(16-14-20)18-19-7-6-8-21(17-19)28-26(31)23-11-4-5-12-24(23)32-22-9-2-1-3-10-22/h1-12,17,20H,13-16,18H2,(H2,27,30)(H,28,31). The number of para-hydroxylation sites is 2. The molecule has 0 spiro atoms. The third-order valence-electron chi connectivity index (χ3n) is 5.68. The maximum atomic E-state index is 13.0. The topological polar surface area (TPSA) is 84.7 Å². The molecule has 3 aromatic carbocycles. The summed E-state index contributed by atoms with van der Waals surface area (Å²) in [5, 5.41) is 2.99. The molecule has 0 bridgehead atoms. The summed E-state index contributed by atoms with van der Waals surface area (Å²) >= 11 is 0. The number of carbonyl (C=O) groups excluding carboxylic acids is 2. The zero-order valence-corrected chi connectivity index (χ0v) is 17.9.